The van der Waals surface area contributed by atoms with Gasteiger partial charge in [0.25, 0.3) is 0 Å². The van der Waals surface area contributed by atoms with Gasteiger partial charge in [-0.25, -0.2) is 8.42 Å². The van der Waals surface area contributed by atoms with Crippen molar-refractivity contribution in [3.63, 3.8) is 0 Å². The number of thiocarbonyl (C=S) groups is 1. The molecule has 7 nitrogen and oxygen atoms in total. The van der Waals surface area contributed by atoms with Crippen LogP contribution in [0.5, 0.6) is 0 Å². The average Bonchev–Trinajstić information content (AvgIpc) is 2.54. The highest BCUT2D eigenvalue weighted by molar-refractivity contribution is 7.89. The highest BCUT2D eigenvalue weighted by Gasteiger charge is 2.29. The minimum Gasteiger partial charge on any atom is -0.366 e. The Morgan fingerprint density at radius 3 is 2.18 bits per heavy atom. The third-order valence-corrected chi connectivity index (χ3v) is 5.89. The van der Waals surface area contributed by atoms with E-state index in [4.69, 9.17) is 18.0 Å². The van der Waals surface area contributed by atoms with E-state index in [1.807, 2.05) is 4.90 Å². The molecule has 1 fully saturated rings. The number of rotatable bonds is 3. The lowest BCUT2D eigenvalue weighted by atomic mass is 10.2. The smallest absolute Gasteiger partial charge is 0.248 e. The van der Waals surface area contributed by atoms with Gasteiger partial charge in [0.1, 0.15) is 0 Å². The molecule has 1 aromatic rings. The minimum atomic E-state index is -3.57. The van der Waals surface area contributed by atoms with Gasteiger partial charge in [0, 0.05) is 38.8 Å². The minimum absolute atomic E-state index is 0.155. The zero-order chi connectivity index (χ0) is 16.3. The van der Waals surface area contributed by atoms with Crippen molar-refractivity contribution in [2.75, 3.05) is 33.2 Å². The summed E-state index contributed by atoms with van der Waals surface area (Å²) in [6.07, 6.45) is 0. The molecule has 0 radical (unpaired) electrons. The molecule has 3 N–H and O–H groups in total. The lowest BCUT2D eigenvalue weighted by molar-refractivity contribution is 0.1000. The van der Waals surface area contributed by atoms with Crippen molar-refractivity contribution in [2.45, 2.75) is 4.90 Å². The summed E-state index contributed by atoms with van der Waals surface area (Å²) in [5.41, 5.74) is 5.43. The Morgan fingerprint density at radius 1 is 1.18 bits per heavy atom. The summed E-state index contributed by atoms with van der Waals surface area (Å²) in [4.78, 5) is 13.1. The predicted molar refractivity (Wildman–Crippen MR) is 86.9 cm³/mol. The van der Waals surface area contributed by atoms with Gasteiger partial charge in [0.05, 0.1) is 4.90 Å². The SMILES string of the molecule is CNC(=S)N1CCN(S(=O)(=O)c2ccc(C(N)=O)cc2)CC1. The van der Waals surface area contributed by atoms with Crippen LogP contribution in [0.4, 0.5) is 0 Å². The summed E-state index contributed by atoms with van der Waals surface area (Å²) >= 11 is 5.14. The molecule has 1 saturated heterocycles. The number of benzene rings is 1. The van der Waals surface area contributed by atoms with Crippen molar-refractivity contribution < 1.29 is 13.2 Å². The van der Waals surface area contributed by atoms with Crippen LogP contribution in [0.2, 0.25) is 0 Å². The quantitative estimate of drug-likeness (QED) is 0.726. The summed E-state index contributed by atoms with van der Waals surface area (Å²) in [5.74, 6) is -0.585. The highest BCUT2D eigenvalue weighted by Crippen LogP contribution is 2.18. The fourth-order valence-corrected chi connectivity index (χ4v) is 3.83. The lowest BCUT2D eigenvalue weighted by Gasteiger charge is -2.35. The number of piperazine rings is 1. The number of primary amides is 1. The van der Waals surface area contributed by atoms with E-state index in [9.17, 15) is 13.2 Å². The number of hydrogen-bond donors (Lipinski definition) is 2. The number of nitrogens with one attached hydrogen (secondary N) is 1. The van der Waals surface area contributed by atoms with Crippen LogP contribution in [0.25, 0.3) is 0 Å². The molecule has 2 rings (SSSR count). The highest BCUT2D eigenvalue weighted by atomic mass is 32.2. The third-order valence-electron chi connectivity index (χ3n) is 3.52. The molecule has 0 unspecified atom stereocenters. The van der Waals surface area contributed by atoms with E-state index >= 15 is 0 Å². The summed E-state index contributed by atoms with van der Waals surface area (Å²) in [7, 11) is -1.83. The number of nitrogens with two attached hydrogens (primary N) is 1. The first-order valence-corrected chi connectivity index (χ1v) is 8.58. The molecule has 1 aliphatic rings. The predicted octanol–water partition coefficient (Wildman–Crippen LogP) is -0.404. The van der Waals surface area contributed by atoms with Gasteiger partial charge in [-0.1, -0.05) is 0 Å². The van der Waals surface area contributed by atoms with Gasteiger partial charge < -0.3 is 16.0 Å². The third kappa shape index (κ3) is 3.37. The Hall–Kier alpha value is -1.71. The zero-order valence-electron chi connectivity index (χ0n) is 12.2. The van der Waals surface area contributed by atoms with Crippen molar-refractivity contribution in [1.82, 2.24) is 14.5 Å². The molecule has 1 aliphatic heterocycles. The number of carbonyl (C=O) groups excluding carboxylic acids is 1. The second-order valence-electron chi connectivity index (χ2n) is 4.83. The Labute approximate surface area is 135 Å². The number of sulfonamides is 1. The average molecular weight is 342 g/mol. The molecular formula is C13H18N4O3S2. The molecule has 22 heavy (non-hydrogen) atoms. The normalized spacial score (nSPS) is 16.3. The monoisotopic (exact) mass is 342 g/mol. The van der Waals surface area contributed by atoms with Gasteiger partial charge in [-0.2, -0.15) is 4.31 Å². The fourth-order valence-electron chi connectivity index (χ4n) is 2.23. The van der Waals surface area contributed by atoms with E-state index in [1.165, 1.54) is 28.6 Å². The van der Waals surface area contributed by atoms with Gasteiger partial charge in [-0.15, -0.1) is 0 Å². The van der Waals surface area contributed by atoms with Gasteiger partial charge in [-0.3, -0.25) is 4.79 Å². The van der Waals surface area contributed by atoms with Crippen LogP contribution in [0.15, 0.2) is 29.2 Å². The maximum absolute atomic E-state index is 12.6. The number of nitrogens with zero attached hydrogens (tertiary/aromatic N) is 2. The summed E-state index contributed by atoms with van der Waals surface area (Å²) in [5, 5.41) is 3.50. The lowest BCUT2D eigenvalue weighted by Crippen LogP contribution is -2.52. The Balaban J connectivity index is 2.11. The molecule has 0 bridgehead atoms. The fraction of sp³-hybridized carbons (Fsp3) is 0.385. The molecule has 1 amide bonds. The van der Waals surface area contributed by atoms with Crippen LogP contribution < -0.4 is 11.1 Å². The maximum atomic E-state index is 12.6. The first-order valence-electron chi connectivity index (χ1n) is 6.73. The standard InChI is InChI=1S/C13H18N4O3S2/c1-15-13(21)16-6-8-17(9-7-16)22(19,20)11-4-2-10(3-5-11)12(14)18/h2-5H,6-9H2,1H3,(H2,14,18)(H,15,21). The second-order valence-corrected chi connectivity index (χ2v) is 7.16. The van der Waals surface area contributed by atoms with Crippen molar-refractivity contribution in [3.05, 3.63) is 29.8 Å². The van der Waals surface area contributed by atoms with E-state index in [2.05, 4.69) is 5.32 Å². The summed E-state index contributed by atoms with van der Waals surface area (Å²) < 4.78 is 26.5. The molecule has 9 heteroatoms. The molecule has 0 aliphatic carbocycles. The topological polar surface area (TPSA) is 95.7 Å². The van der Waals surface area contributed by atoms with E-state index in [1.54, 1.807) is 7.05 Å². The first-order chi connectivity index (χ1) is 10.4. The second kappa shape index (κ2) is 6.59. The van der Waals surface area contributed by atoms with E-state index < -0.39 is 15.9 Å². The number of amides is 1. The first kappa shape index (κ1) is 16.7. The van der Waals surface area contributed by atoms with E-state index in [-0.39, 0.29) is 10.5 Å². The maximum Gasteiger partial charge on any atom is 0.248 e. The molecule has 0 saturated carbocycles. The van der Waals surface area contributed by atoms with Crippen molar-refractivity contribution in [3.8, 4) is 0 Å². The summed E-state index contributed by atoms with van der Waals surface area (Å²) in [6, 6.07) is 5.64. The molecular weight excluding hydrogens is 324 g/mol. The van der Waals surface area contributed by atoms with Crippen LogP contribution in [0, 0.1) is 0 Å². The Morgan fingerprint density at radius 2 is 1.73 bits per heavy atom. The molecule has 0 aromatic heterocycles. The largest absolute Gasteiger partial charge is 0.366 e. The molecule has 0 spiro atoms. The number of hydrogen-bond acceptors (Lipinski definition) is 4. The van der Waals surface area contributed by atoms with E-state index in [0.717, 1.165) is 0 Å². The molecule has 1 aromatic carbocycles. The van der Waals surface area contributed by atoms with Crippen LogP contribution in [-0.2, 0) is 10.0 Å². The molecule has 1 heterocycles. The molecule has 120 valence electrons. The van der Waals surface area contributed by atoms with Gasteiger partial charge in [0.15, 0.2) is 5.11 Å². The van der Waals surface area contributed by atoms with Gasteiger partial charge in [0.2, 0.25) is 15.9 Å². The molecule has 0 atom stereocenters. The zero-order valence-corrected chi connectivity index (χ0v) is 13.8. The van der Waals surface area contributed by atoms with Crippen LogP contribution >= 0.6 is 12.2 Å². The van der Waals surface area contributed by atoms with Crippen molar-refractivity contribution >= 4 is 33.3 Å². The summed E-state index contributed by atoms with van der Waals surface area (Å²) in [6.45, 7) is 1.81. The van der Waals surface area contributed by atoms with Crippen molar-refractivity contribution in [1.29, 1.82) is 0 Å². The Kier molecular flexibility index (Phi) is 4.99. The van der Waals surface area contributed by atoms with E-state index in [0.29, 0.717) is 31.3 Å². The van der Waals surface area contributed by atoms with Crippen LogP contribution in [-0.4, -0.2) is 61.9 Å². The van der Waals surface area contributed by atoms with Crippen LogP contribution in [0.3, 0.4) is 0 Å². The number of carbonyl (C=O) groups is 1. The van der Waals surface area contributed by atoms with Gasteiger partial charge >= 0.3 is 0 Å². The Bertz CT molecular complexity index is 665. The van der Waals surface area contributed by atoms with Crippen LogP contribution in [0.1, 0.15) is 10.4 Å². The van der Waals surface area contributed by atoms with Crippen molar-refractivity contribution in [2.24, 2.45) is 5.73 Å². The van der Waals surface area contributed by atoms with Gasteiger partial charge in [-0.05, 0) is 36.5 Å².